The molecular weight excluding hydrogens is 321 g/mol. The fraction of sp³-hybridized carbons (Fsp3) is 0.625. The first-order valence-corrected chi connectivity index (χ1v) is 8.11. The van der Waals surface area contributed by atoms with Crippen molar-refractivity contribution < 1.29 is 9.13 Å². The Morgan fingerprint density at radius 1 is 1.25 bits per heavy atom. The van der Waals surface area contributed by atoms with Crippen molar-refractivity contribution in [3.63, 3.8) is 0 Å². The Hall–Kier alpha value is -0.450. The van der Waals surface area contributed by atoms with Crippen LogP contribution in [0, 0.1) is 5.82 Å². The zero-order chi connectivity index (χ0) is 14.6. The molecule has 1 unspecified atom stereocenters. The van der Waals surface area contributed by atoms with Gasteiger partial charge in [0.2, 0.25) is 0 Å². The molecule has 1 aliphatic carbocycles. The van der Waals surface area contributed by atoms with Crippen molar-refractivity contribution >= 4 is 15.9 Å². The van der Waals surface area contributed by atoms with E-state index in [0.29, 0.717) is 6.42 Å². The maximum absolute atomic E-state index is 13.5. The van der Waals surface area contributed by atoms with Crippen LogP contribution in [-0.4, -0.2) is 18.8 Å². The Morgan fingerprint density at radius 2 is 1.90 bits per heavy atom. The van der Waals surface area contributed by atoms with Crippen LogP contribution in [0.15, 0.2) is 22.7 Å². The molecule has 4 heteroatoms. The van der Waals surface area contributed by atoms with Crippen LogP contribution in [0.3, 0.4) is 0 Å². The second kappa shape index (κ2) is 7.01. The number of halogens is 2. The van der Waals surface area contributed by atoms with Crippen LogP contribution >= 0.6 is 15.9 Å². The van der Waals surface area contributed by atoms with Crippen molar-refractivity contribution in [2.24, 2.45) is 5.73 Å². The summed E-state index contributed by atoms with van der Waals surface area (Å²) in [4.78, 5) is 0. The lowest BCUT2D eigenvalue weighted by Gasteiger charge is -2.37. The highest BCUT2D eigenvalue weighted by molar-refractivity contribution is 9.10. The first kappa shape index (κ1) is 15.9. The third-order valence-corrected chi connectivity index (χ3v) is 4.87. The van der Waals surface area contributed by atoms with Crippen molar-refractivity contribution in [1.82, 2.24) is 0 Å². The lowest BCUT2D eigenvalue weighted by Crippen LogP contribution is -2.50. The van der Waals surface area contributed by atoms with Gasteiger partial charge in [0.05, 0.1) is 5.60 Å². The molecule has 0 heterocycles. The van der Waals surface area contributed by atoms with Gasteiger partial charge in [0.25, 0.3) is 0 Å². The molecule has 0 amide bonds. The molecule has 0 saturated heterocycles. The predicted octanol–water partition coefficient (Wildman–Crippen LogP) is 4.20. The van der Waals surface area contributed by atoms with E-state index >= 15 is 0 Å². The van der Waals surface area contributed by atoms with Crippen molar-refractivity contribution in [3.05, 3.63) is 34.1 Å². The van der Waals surface area contributed by atoms with E-state index in [-0.39, 0.29) is 17.5 Å². The molecule has 112 valence electrons. The molecule has 0 bridgehead atoms. The monoisotopic (exact) mass is 343 g/mol. The standard InChI is InChI=1S/C16H23BrFNO/c1-20-16(6-4-2-3-5-7-16)15(19)10-12-8-13(17)11-14(18)9-12/h8-9,11,15H,2-7,10,19H2,1H3. The number of hydrogen-bond acceptors (Lipinski definition) is 2. The Kier molecular flexibility index (Phi) is 5.58. The van der Waals surface area contributed by atoms with E-state index < -0.39 is 0 Å². The zero-order valence-electron chi connectivity index (χ0n) is 12.0. The normalized spacial score (nSPS) is 20.4. The number of methoxy groups -OCH3 is 1. The second-order valence-corrected chi connectivity index (χ2v) is 6.69. The summed E-state index contributed by atoms with van der Waals surface area (Å²) in [6.07, 6.45) is 7.47. The molecule has 2 rings (SSSR count). The number of hydrogen-bond donors (Lipinski definition) is 1. The van der Waals surface area contributed by atoms with Gasteiger partial charge in [-0.3, -0.25) is 0 Å². The molecule has 2 N–H and O–H groups in total. The molecular formula is C16H23BrFNO. The van der Waals surface area contributed by atoms with E-state index in [1.54, 1.807) is 13.2 Å². The molecule has 0 aliphatic heterocycles. The van der Waals surface area contributed by atoms with Gasteiger partial charge in [0, 0.05) is 17.6 Å². The smallest absolute Gasteiger partial charge is 0.124 e. The topological polar surface area (TPSA) is 35.2 Å². The van der Waals surface area contributed by atoms with Gasteiger partial charge < -0.3 is 10.5 Å². The SMILES string of the molecule is COC1(C(N)Cc2cc(F)cc(Br)c2)CCCCCC1. The highest BCUT2D eigenvalue weighted by Gasteiger charge is 2.37. The first-order chi connectivity index (χ1) is 9.55. The van der Waals surface area contributed by atoms with Crippen LogP contribution in [0.4, 0.5) is 4.39 Å². The molecule has 1 atom stereocenters. The minimum atomic E-state index is -0.255. The zero-order valence-corrected chi connectivity index (χ0v) is 13.6. The minimum Gasteiger partial charge on any atom is -0.377 e. The van der Waals surface area contributed by atoms with Gasteiger partial charge in [-0.2, -0.15) is 0 Å². The van der Waals surface area contributed by atoms with Gasteiger partial charge in [0.1, 0.15) is 5.82 Å². The summed E-state index contributed by atoms with van der Waals surface area (Å²) in [5, 5.41) is 0. The minimum absolute atomic E-state index is 0.0979. The van der Waals surface area contributed by atoms with E-state index in [2.05, 4.69) is 15.9 Å². The fourth-order valence-corrected chi connectivity index (χ4v) is 3.73. The molecule has 1 fully saturated rings. The van der Waals surface area contributed by atoms with Gasteiger partial charge in [-0.15, -0.1) is 0 Å². The molecule has 1 aliphatic rings. The molecule has 1 saturated carbocycles. The summed E-state index contributed by atoms with van der Waals surface area (Å²) in [7, 11) is 1.76. The van der Waals surface area contributed by atoms with E-state index in [9.17, 15) is 4.39 Å². The summed E-state index contributed by atoms with van der Waals surface area (Å²) >= 11 is 3.33. The second-order valence-electron chi connectivity index (χ2n) is 5.77. The Labute approximate surface area is 129 Å². The van der Waals surface area contributed by atoms with Gasteiger partial charge in [-0.1, -0.05) is 41.6 Å². The van der Waals surface area contributed by atoms with E-state index in [1.165, 1.54) is 18.9 Å². The van der Waals surface area contributed by atoms with Crippen LogP contribution in [0.1, 0.15) is 44.1 Å². The maximum atomic E-state index is 13.5. The quantitative estimate of drug-likeness (QED) is 0.831. The summed E-state index contributed by atoms with van der Waals surface area (Å²) in [6.45, 7) is 0. The molecule has 0 spiro atoms. The molecule has 0 aromatic heterocycles. The van der Waals surface area contributed by atoms with E-state index in [4.69, 9.17) is 10.5 Å². The average molecular weight is 344 g/mol. The molecule has 1 aromatic carbocycles. The van der Waals surface area contributed by atoms with Crippen molar-refractivity contribution in [2.45, 2.75) is 56.6 Å². The maximum Gasteiger partial charge on any atom is 0.124 e. The van der Waals surface area contributed by atoms with Crippen LogP contribution in [-0.2, 0) is 11.2 Å². The Bertz CT molecular complexity index is 424. The summed E-state index contributed by atoms with van der Waals surface area (Å²) < 4.78 is 20.0. The van der Waals surface area contributed by atoms with Crippen LogP contribution in [0.5, 0.6) is 0 Å². The number of nitrogens with two attached hydrogens (primary N) is 1. The number of benzene rings is 1. The number of ether oxygens (including phenoxy) is 1. The Balaban J connectivity index is 2.13. The lowest BCUT2D eigenvalue weighted by molar-refractivity contribution is -0.0430. The molecule has 0 radical (unpaired) electrons. The third kappa shape index (κ3) is 3.80. The van der Waals surface area contributed by atoms with Crippen molar-refractivity contribution in [1.29, 1.82) is 0 Å². The van der Waals surface area contributed by atoms with Gasteiger partial charge in [-0.05, 0) is 43.0 Å². The van der Waals surface area contributed by atoms with Gasteiger partial charge in [0.15, 0.2) is 0 Å². The highest BCUT2D eigenvalue weighted by Crippen LogP contribution is 2.33. The van der Waals surface area contributed by atoms with Crippen LogP contribution in [0.25, 0.3) is 0 Å². The van der Waals surface area contributed by atoms with Crippen molar-refractivity contribution in [3.8, 4) is 0 Å². The van der Waals surface area contributed by atoms with E-state index in [1.807, 2.05) is 6.07 Å². The molecule has 1 aromatic rings. The van der Waals surface area contributed by atoms with Crippen molar-refractivity contribution in [2.75, 3.05) is 7.11 Å². The summed E-state index contributed by atoms with van der Waals surface area (Å²) in [5.41, 5.74) is 7.10. The highest BCUT2D eigenvalue weighted by atomic mass is 79.9. The van der Waals surface area contributed by atoms with Gasteiger partial charge in [-0.25, -0.2) is 4.39 Å². The predicted molar refractivity (Wildman–Crippen MR) is 83.2 cm³/mol. The summed E-state index contributed by atoms with van der Waals surface area (Å²) in [6, 6.07) is 4.86. The number of rotatable bonds is 4. The first-order valence-electron chi connectivity index (χ1n) is 7.31. The van der Waals surface area contributed by atoms with Crippen LogP contribution in [0.2, 0.25) is 0 Å². The summed E-state index contributed by atoms with van der Waals surface area (Å²) in [5.74, 6) is -0.228. The molecule has 20 heavy (non-hydrogen) atoms. The van der Waals surface area contributed by atoms with Gasteiger partial charge >= 0.3 is 0 Å². The lowest BCUT2D eigenvalue weighted by atomic mass is 9.83. The fourth-order valence-electron chi connectivity index (χ4n) is 3.22. The Morgan fingerprint density at radius 3 is 2.45 bits per heavy atom. The van der Waals surface area contributed by atoms with Crippen LogP contribution < -0.4 is 5.73 Å². The molecule has 2 nitrogen and oxygen atoms in total. The largest absolute Gasteiger partial charge is 0.377 e. The average Bonchev–Trinajstić information content (AvgIpc) is 2.63. The van der Waals surface area contributed by atoms with E-state index in [0.717, 1.165) is 35.7 Å². The third-order valence-electron chi connectivity index (χ3n) is 4.41.